The number of benzene rings is 1. The molecule has 0 bridgehead atoms. The Morgan fingerprint density at radius 2 is 1.83 bits per heavy atom. The van der Waals surface area contributed by atoms with Crippen LogP contribution in [0.3, 0.4) is 0 Å². The predicted molar refractivity (Wildman–Crippen MR) is 117 cm³/mol. The third-order valence-electron chi connectivity index (χ3n) is 6.32. The fourth-order valence-corrected chi connectivity index (χ4v) is 4.58. The zero-order valence-electron chi connectivity index (χ0n) is 17.5. The Morgan fingerprint density at radius 3 is 2.59 bits per heavy atom. The first-order valence-electron chi connectivity index (χ1n) is 11.0. The molecule has 1 aromatic carbocycles. The summed E-state index contributed by atoms with van der Waals surface area (Å²) in [4.78, 5) is 24.5. The first kappa shape index (κ1) is 19.9. The molecule has 2 aliphatic rings. The molecule has 4 rings (SSSR count). The van der Waals surface area contributed by atoms with Gasteiger partial charge in [-0.25, -0.2) is 0 Å². The van der Waals surface area contributed by atoms with Gasteiger partial charge in [0.05, 0.1) is 17.4 Å². The Labute approximate surface area is 174 Å². The number of carbonyl (C=O) groups excluding carboxylic acids is 1. The van der Waals surface area contributed by atoms with Crippen molar-refractivity contribution in [2.75, 3.05) is 37.6 Å². The van der Waals surface area contributed by atoms with Crippen molar-refractivity contribution in [1.29, 1.82) is 0 Å². The minimum absolute atomic E-state index is 0.147. The van der Waals surface area contributed by atoms with Gasteiger partial charge in [-0.15, -0.1) is 0 Å². The number of hydrogen-bond donors (Lipinski definition) is 0. The van der Waals surface area contributed by atoms with Gasteiger partial charge in [0.15, 0.2) is 0 Å². The van der Waals surface area contributed by atoms with Crippen LogP contribution in [0, 0.1) is 0 Å². The van der Waals surface area contributed by atoms with Crippen molar-refractivity contribution in [1.82, 2.24) is 14.8 Å². The van der Waals surface area contributed by atoms with E-state index in [0.29, 0.717) is 6.04 Å². The van der Waals surface area contributed by atoms with E-state index >= 15 is 0 Å². The van der Waals surface area contributed by atoms with Gasteiger partial charge in [-0.3, -0.25) is 14.7 Å². The molecule has 3 heterocycles. The van der Waals surface area contributed by atoms with Gasteiger partial charge in [0.2, 0.25) is 0 Å². The van der Waals surface area contributed by atoms with E-state index in [4.69, 9.17) is 0 Å². The highest BCUT2D eigenvalue weighted by Gasteiger charge is 2.27. The van der Waals surface area contributed by atoms with Crippen molar-refractivity contribution >= 4 is 11.6 Å². The first-order chi connectivity index (χ1) is 14.2. The molecule has 1 unspecified atom stereocenters. The van der Waals surface area contributed by atoms with Gasteiger partial charge in [-0.05, 0) is 37.3 Å². The van der Waals surface area contributed by atoms with Gasteiger partial charge in [0.25, 0.3) is 5.91 Å². The van der Waals surface area contributed by atoms with E-state index < -0.39 is 0 Å². The van der Waals surface area contributed by atoms with E-state index in [1.54, 1.807) is 6.20 Å². The van der Waals surface area contributed by atoms with E-state index in [9.17, 15) is 4.79 Å². The molecular weight excluding hydrogens is 360 g/mol. The highest BCUT2D eigenvalue weighted by molar-refractivity contribution is 5.95. The monoisotopic (exact) mass is 392 g/mol. The topological polar surface area (TPSA) is 39.7 Å². The van der Waals surface area contributed by atoms with Gasteiger partial charge >= 0.3 is 0 Å². The smallest absolute Gasteiger partial charge is 0.255 e. The summed E-state index contributed by atoms with van der Waals surface area (Å²) < 4.78 is 0. The lowest BCUT2D eigenvalue weighted by Gasteiger charge is -2.37. The number of pyridine rings is 1. The number of piperazine rings is 1. The molecule has 5 nitrogen and oxygen atoms in total. The Hall–Kier alpha value is -2.40. The fraction of sp³-hybridized carbons (Fsp3) is 0.500. The average Bonchev–Trinajstić information content (AvgIpc) is 2.80. The molecule has 0 spiro atoms. The summed E-state index contributed by atoms with van der Waals surface area (Å²) in [5.41, 5.74) is 3.16. The molecular formula is C24H32N4O. The van der Waals surface area contributed by atoms with E-state index in [0.717, 1.165) is 69.8 Å². The predicted octanol–water partition coefficient (Wildman–Crippen LogP) is 3.81. The van der Waals surface area contributed by atoms with Gasteiger partial charge in [0.1, 0.15) is 0 Å². The van der Waals surface area contributed by atoms with Crippen LogP contribution in [-0.4, -0.2) is 59.5 Å². The minimum Gasteiger partial charge on any atom is -0.368 e. The molecule has 1 atom stereocenters. The van der Waals surface area contributed by atoms with Crippen molar-refractivity contribution in [3.05, 3.63) is 59.9 Å². The SMILES string of the molecule is CCC1CCCCN1C(=O)c1cncc(N2CCN(Cc3ccccc3)CC2)c1. The zero-order valence-corrected chi connectivity index (χ0v) is 17.5. The number of piperidine rings is 1. The van der Waals surface area contributed by atoms with Crippen LogP contribution >= 0.6 is 0 Å². The van der Waals surface area contributed by atoms with Crippen LogP contribution in [0.1, 0.15) is 48.5 Å². The van der Waals surface area contributed by atoms with E-state index in [1.807, 2.05) is 12.3 Å². The van der Waals surface area contributed by atoms with Crippen molar-refractivity contribution in [3.8, 4) is 0 Å². The molecule has 0 saturated carbocycles. The van der Waals surface area contributed by atoms with Gasteiger partial charge < -0.3 is 9.80 Å². The summed E-state index contributed by atoms with van der Waals surface area (Å²) in [6.07, 6.45) is 8.13. The molecule has 154 valence electrons. The largest absolute Gasteiger partial charge is 0.368 e. The fourth-order valence-electron chi connectivity index (χ4n) is 4.58. The van der Waals surface area contributed by atoms with Crippen molar-refractivity contribution in [3.63, 3.8) is 0 Å². The number of carbonyl (C=O) groups is 1. The average molecular weight is 393 g/mol. The second-order valence-electron chi connectivity index (χ2n) is 8.24. The summed E-state index contributed by atoms with van der Waals surface area (Å²) in [6, 6.07) is 13.1. The Balaban J connectivity index is 1.38. The third kappa shape index (κ3) is 4.78. The molecule has 2 aliphatic heterocycles. The Kier molecular flexibility index (Phi) is 6.45. The van der Waals surface area contributed by atoms with Crippen LogP contribution in [0.15, 0.2) is 48.8 Å². The highest BCUT2D eigenvalue weighted by Crippen LogP contribution is 2.24. The highest BCUT2D eigenvalue weighted by atomic mass is 16.2. The molecule has 5 heteroatoms. The summed E-state index contributed by atoms with van der Waals surface area (Å²) in [6.45, 7) is 8.04. The molecule has 29 heavy (non-hydrogen) atoms. The maximum atomic E-state index is 13.1. The van der Waals surface area contributed by atoms with E-state index in [-0.39, 0.29) is 5.91 Å². The van der Waals surface area contributed by atoms with E-state index in [1.165, 1.54) is 12.0 Å². The molecule has 0 N–H and O–H groups in total. The summed E-state index contributed by atoms with van der Waals surface area (Å²) in [5.74, 6) is 0.147. The number of hydrogen-bond acceptors (Lipinski definition) is 4. The van der Waals surface area contributed by atoms with Crippen LogP contribution in [0.25, 0.3) is 0 Å². The normalized spacial score (nSPS) is 20.7. The number of nitrogens with zero attached hydrogens (tertiary/aromatic N) is 4. The molecule has 2 saturated heterocycles. The first-order valence-corrected chi connectivity index (χ1v) is 11.0. The molecule has 0 aliphatic carbocycles. The summed E-state index contributed by atoms with van der Waals surface area (Å²) >= 11 is 0. The van der Waals surface area contributed by atoms with Crippen LogP contribution in [0.2, 0.25) is 0 Å². The van der Waals surface area contributed by atoms with Crippen molar-refractivity contribution < 1.29 is 4.79 Å². The zero-order chi connectivity index (χ0) is 20.1. The second-order valence-corrected chi connectivity index (χ2v) is 8.24. The van der Waals surface area contributed by atoms with Crippen LogP contribution in [-0.2, 0) is 6.54 Å². The lowest BCUT2D eigenvalue weighted by Crippen LogP contribution is -2.46. The minimum atomic E-state index is 0.147. The molecule has 2 fully saturated rings. The number of anilines is 1. The standard InChI is InChI=1S/C24H32N4O/c1-2-22-10-6-7-11-28(22)24(29)21-16-23(18-25-17-21)27-14-12-26(13-15-27)19-20-8-4-3-5-9-20/h3-5,8-9,16-18,22H,2,6-7,10-15,19H2,1H3. The molecule has 1 aromatic heterocycles. The van der Waals surface area contributed by atoms with Gasteiger partial charge in [-0.1, -0.05) is 37.3 Å². The third-order valence-corrected chi connectivity index (χ3v) is 6.32. The summed E-state index contributed by atoms with van der Waals surface area (Å²) in [5, 5.41) is 0. The quantitative estimate of drug-likeness (QED) is 0.776. The van der Waals surface area contributed by atoms with E-state index in [2.05, 4.69) is 56.9 Å². The van der Waals surface area contributed by atoms with Crippen LogP contribution < -0.4 is 4.90 Å². The Bertz CT molecular complexity index is 802. The van der Waals surface area contributed by atoms with Crippen LogP contribution in [0.4, 0.5) is 5.69 Å². The number of rotatable bonds is 5. The molecule has 2 aromatic rings. The second kappa shape index (κ2) is 9.40. The van der Waals surface area contributed by atoms with Gasteiger partial charge in [0, 0.05) is 51.5 Å². The molecule has 0 radical (unpaired) electrons. The number of amides is 1. The van der Waals surface area contributed by atoms with Gasteiger partial charge in [-0.2, -0.15) is 0 Å². The summed E-state index contributed by atoms with van der Waals surface area (Å²) in [7, 11) is 0. The van der Waals surface area contributed by atoms with Crippen molar-refractivity contribution in [2.45, 2.75) is 45.2 Å². The lowest BCUT2D eigenvalue weighted by molar-refractivity contribution is 0.0607. The Morgan fingerprint density at radius 1 is 1.03 bits per heavy atom. The maximum absolute atomic E-state index is 13.1. The maximum Gasteiger partial charge on any atom is 0.255 e. The van der Waals surface area contributed by atoms with Crippen LogP contribution in [0.5, 0.6) is 0 Å². The molecule has 1 amide bonds. The van der Waals surface area contributed by atoms with Crippen molar-refractivity contribution in [2.24, 2.45) is 0 Å². The lowest BCUT2D eigenvalue weighted by atomic mass is 9.99. The number of likely N-dealkylation sites (tertiary alicyclic amines) is 1. The number of aromatic nitrogens is 1.